The van der Waals surface area contributed by atoms with Crippen LogP contribution in [0.25, 0.3) is 0 Å². The molecule has 0 saturated carbocycles. The second-order valence-electron chi connectivity index (χ2n) is 17.3. The lowest BCUT2D eigenvalue weighted by molar-refractivity contribution is -0.303. The lowest BCUT2D eigenvalue weighted by Gasteiger charge is -2.40. The number of ether oxygens (including phenoxy) is 2. The SMILES string of the molecule is CCCCCCCCCCCCCCCCCCCCC(O)C(=O)NC(COC1OC(CO)C(O)C(O)C1O)C(O)C(O)CCCCCCCCCCC(C)C. The molecule has 9 atom stereocenters. The van der Waals surface area contributed by atoms with Crippen molar-refractivity contribution in [1.82, 2.24) is 5.32 Å². The topological polar surface area (TPSA) is 189 Å². The minimum atomic E-state index is -1.66. The Morgan fingerprint density at radius 2 is 1.00 bits per heavy atom. The second kappa shape index (κ2) is 34.9. The van der Waals surface area contributed by atoms with Gasteiger partial charge in [-0.05, 0) is 18.8 Å². The van der Waals surface area contributed by atoms with Gasteiger partial charge >= 0.3 is 0 Å². The lowest BCUT2D eigenvalue weighted by Crippen LogP contribution is -2.60. The fourth-order valence-corrected chi connectivity index (χ4v) is 7.68. The standard InChI is InChI=1S/C45H89NO10/c1-4-5-6-7-8-9-10-11-12-13-14-15-16-17-18-23-26-29-32-38(49)44(54)46-36(34-55-45-43(53)42(52)41(51)39(33-47)56-45)40(50)37(48)31-28-25-22-20-19-21-24-27-30-35(2)3/h35-43,45,47-53H,4-34H2,1-3H3,(H,46,54). The van der Waals surface area contributed by atoms with Crippen molar-refractivity contribution in [1.29, 1.82) is 0 Å². The van der Waals surface area contributed by atoms with Crippen LogP contribution in [0, 0.1) is 5.92 Å². The zero-order valence-corrected chi connectivity index (χ0v) is 36.0. The Morgan fingerprint density at radius 1 is 0.589 bits per heavy atom. The number of rotatable bonds is 38. The number of unbranched alkanes of at least 4 members (excludes halogenated alkanes) is 24. The third kappa shape index (κ3) is 25.6. The van der Waals surface area contributed by atoms with Gasteiger partial charge in [-0.3, -0.25) is 4.79 Å². The third-order valence-corrected chi connectivity index (χ3v) is 11.6. The van der Waals surface area contributed by atoms with E-state index in [-0.39, 0.29) is 6.42 Å². The maximum atomic E-state index is 13.1. The molecular weight excluding hydrogens is 714 g/mol. The number of aliphatic hydroxyl groups excluding tert-OH is 7. The zero-order valence-electron chi connectivity index (χ0n) is 36.0. The molecule has 11 nitrogen and oxygen atoms in total. The first kappa shape index (κ1) is 53.1. The van der Waals surface area contributed by atoms with Crippen LogP contribution >= 0.6 is 0 Å². The molecule has 11 heteroatoms. The Balaban J connectivity index is 2.42. The summed E-state index contributed by atoms with van der Waals surface area (Å²) in [6.07, 6.45) is 21.7. The van der Waals surface area contributed by atoms with Crippen LogP contribution in [0.2, 0.25) is 0 Å². The van der Waals surface area contributed by atoms with Crippen LogP contribution in [0.15, 0.2) is 0 Å². The molecule has 1 fully saturated rings. The quantitative estimate of drug-likeness (QED) is 0.0293. The van der Waals surface area contributed by atoms with Gasteiger partial charge in [0.15, 0.2) is 6.29 Å². The molecule has 9 unspecified atom stereocenters. The van der Waals surface area contributed by atoms with Gasteiger partial charge in [0.25, 0.3) is 0 Å². The summed E-state index contributed by atoms with van der Waals surface area (Å²) in [7, 11) is 0. The molecule has 1 amide bonds. The average Bonchev–Trinajstić information content (AvgIpc) is 3.18. The lowest BCUT2D eigenvalue weighted by atomic mass is 9.98. The van der Waals surface area contributed by atoms with Crippen LogP contribution in [0.1, 0.15) is 207 Å². The first-order valence-electron chi connectivity index (χ1n) is 23.3. The van der Waals surface area contributed by atoms with Crippen LogP contribution in [0.5, 0.6) is 0 Å². The summed E-state index contributed by atoms with van der Waals surface area (Å²) >= 11 is 0. The highest BCUT2D eigenvalue weighted by atomic mass is 16.7. The summed E-state index contributed by atoms with van der Waals surface area (Å²) in [6.45, 7) is 5.72. The van der Waals surface area contributed by atoms with E-state index in [2.05, 4.69) is 26.1 Å². The summed E-state index contributed by atoms with van der Waals surface area (Å²) < 4.78 is 11.1. The van der Waals surface area contributed by atoms with Crippen molar-refractivity contribution < 1.29 is 50.0 Å². The summed E-state index contributed by atoms with van der Waals surface area (Å²) in [4.78, 5) is 13.1. The van der Waals surface area contributed by atoms with Crippen molar-refractivity contribution in [2.45, 2.75) is 262 Å². The number of nitrogens with one attached hydrogen (secondary N) is 1. The fraction of sp³-hybridized carbons (Fsp3) is 0.978. The molecule has 1 rings (SSSR count). The van der Waals surface area contributed by atoms with Gasteiger partial charge in [0.05, 0.1) is 25.4 Å². The van der Waals surface area contributed by atoms with Crippen LogP contribution in [0.3, 0.4) is 0 Å². The smallest absolute Gasteiger partial charge is 0.249 e. The van der Waals surface area contributed by atoms with Crippen molar-refractivity contribution >= 4 is 5.91 Å². The second-order valence-corrected chi connectivity index (χ2v) is 17.3. The molecule has 1 saturated heterocycles. The van der Waals surface area contributed by atoms with Crippen molar-refractivity contribution in [3.05, 3.63) is 0 Å². The Hall–Kier alpha value is -0.890. The third-order valence-electron chi connectivity index (χ3n) is 11.6. The summed E-state index contributed by atoms with van der Waals surface area (Å²) in [5, 5.41) is 75.6. The maximum absolute atomic E-state index is 13.1. The first-order chi connectivity index (χ1) is 27.0. The van der Waals surface area contributed by atoms with E-state index in [4.69, 9.17) is 9.47 Å². The Kier molecular flexibility index (Phi) is 33.1. The molecule has 0 aromatic heterocycles. The number of carbonyl (C=O) groups excluding carboxylic acids is 1. The van der Waals surface area contributed by atoms with Gasteiger partial charge in [-0.2, -0.15) is 0 Å². The van der Waals surface area contributed by atoms with Crippen molar-refractivity contribution in [2.75, 3.05) is 13.2 Å². The number of aliphatic hydroxyl groups is 7. The fourth-order valence-electron chi connectivity index (χ4n) is 7.68. The first-order valence-corrected chi connectivity index (χ1v) is 23.3. The molecule has 1 aliphatic heterocycles. The molecule has 56 heavy (non-hydrogen) atoms. The van der Waals surface area contributed by atoms with Gasteiger partial charge in [0.2, 0.25) is 5.91 Å². The van der Waals surface area contributed by atoms with E-state index < -0.39 is 74.2 Å². The monoisotopic (exact) mass is 804 g/mol. The summed E-state index contributed by atoms with van der Waals surface area (Å²) in [5.41, 5.74) is 0. The maximum Gasteiger partial charge on any atom is 0.249 e. The van der Waals surface area contributed by atoms with Gasteiger partial charge in [-0.15, -0.1) is 0 Å². The van der Waals surface area contributed by atoms with Gasteiger partial charge in [0.1, 0.15) is 36.6 Å². The number of hydrogen-bond acceptors (Lipinski definition) is 10. The van der Waals surface area contributed by atoms with Crippen LogP contribution in [0.4, 0.5) is 0 Å². The van der Waals surface area contributed by atoms with E-state index >= 15 is 0 Å². The minimum absolute atomic E-state index is 0.265. The molecule has 0 bridgehead atoms. The molecule has 8 N–H and O–H groups in total. The van der Waals surface area contributed by atoms with Gasteiger partial charge in [0, 0.05) is 0 Å². The van der Waals surface area contributed by atoms with E-state index in [1.165, 1.54) is 122 Å². The normalized spacial score (nSPS) is 22.3. The van der Waals surface area contributed by atoms with E-state index in [1.54, 1.807) is 0 Å². The van der Waals surface area contributed by atoms with E-state index in [1.807, 2.05) is 0 Å². The highest BCUT2D eigenvalue weighted by Crippen LogP contribution is 2.23. The number of hydrogen-bond donors (Lipinski definition) is 8. The van der Waals surface area contributed by atoms with Gasteiger partial charge in [-0.1, -0.05) is 194 Å². The van der Waals surface area contributed by atoms with Gasteiger partial charge < -0.3 is 50.5 Å². The van der Waals surface area contributed by atoms with E-state index in [0.29, 0.717) is 19.3 Å². The van der Waals surface area contributed by atoms with Crippen LogP contribution < -0.4 is 5.32 Å². The molecule has 0 aromatic carbocycles. The Bertz CT molecular complexity index is 895. The molecule has 1 heterocycles. The number of amides is 1. The van der Waals surface area contributed by atoms with E-state index in [0.717, 1.165) is 44.4 Å². The Morgan fingerprint density at radius 3 is 1.43 bits per heavy atom. The van der Waals surface area contributed by atoms with Crippen molar-refractivity contribution in [2.24, 2.45) is 5.92 Å². The van der Waals surface area contributed by atoms with E-state index in [9.17, 15) is 40.5 Å². The van der Waals surface area contributed by atoms with Crippen molar-refractivity contribution in [3.8, 4) is 0 Å². The number of carbonyl (C=O) groups is 1. The van der Waals surface area contributed by atoms with Crippen molar-refractivity contribution in [3.63, 3.8) is 0 Å². The molecule has 1 aliphatic rings. The summed E-state index contributed by atoms with van der Waals surface area (Å²) in [6, 6.07) is -1.16. The molecular formula is C45H89NO10. The molecule has 0 aromatic rings. The predicted octanol–water partition coefficient (Wildman–Crippen LogP) is 7.36. The predicted molar refractivity (Wildman–Crippen MR) is 224 cm³/mol. The van der Waals surface area contributed by atoms with Gasteiger partial charge in [-0.25, -0.2) is 0 Å². The average molecular weight is 804 g/mol. The van der Waals surface area contributed by atoms with Crippen LogP contribution in [-0.2, 0) is 14.3 Å². The summed E-state index contributed by atoms with van der Waals surface area (Å²) in [5.74, 6) is 0.0522. The zero-order chi connectivity index (χ0) is 41.4. The molecule has 0 aliphatic carbocycles. The molecule has 334 valence electrons. The minimum Gasteiger partial charge on any atom is -0.394 e. The highest BCUT2D eigenvalue weighted by Gasteiger charge is 2.44. The largest absolute Gasteiger partial charge is 0.394 e. The Labute approximate surface area is 341 Å². The molecule has 0 radical (unpaired) electrons. The highest BCUT2D eigenvalue weighted by molar-refractivity contribution is 5.80. The van der Waals surface area contributed by atoms with Crippen LogP contribution in [-0.4, -0.2) is 110 Å². The molecule has 0 spiro atoms.